The largest absolute Gasteiger partial charge is 0.467 e. The second-order valence-electron chi connectivity index (χ2n) is 6.69. The maximum absolute atomic E-state index is 12.3. The Kier molecular flexibility index (Phi) is 6.46. The molecule has 0 saturated heterocycles. The number of nitrogens with one attached hydrogen (secondary N) is 1. The Bertz CT molecular complexity index is 1120. The third-order valence-electron chi connectivity index (χ3n) is 4.51. The fraction of sp³-hybridized carbons (Fsp3) is 0.125. The van der Waals surface area contributed by atoms with Crippen LogP contribution in [0.1, 0.15) is 32.8 Å². The molecule has 3 aromatic rings. The summed E-state index contributed by atoms with van der Waals surface area (Å²) in [7, 11) is 0. The number of rotatable bonds is 6. The molecule has 1 N–H and O–H groups in total. The molecule has 0 bridgehead atoms. The second kappa shape index (κ2) is 9.39. The second-order valence-corrected chi connectivity index (χ2v) is 6.69. The summed E-state index contributed by atoms with van der Waals surface area (Å²) >= 11 is 0. The first-order valence-corrected chi connectivity index (χ1v) is 9.28. The van der Waals surface area contributed by atoms with Crippen LogP contribution >= 0.6 is 0 Å². The van der Waals surface area contributed by atoms with Crippen LogP contribution in [0.2, 0.25) is 0 Å². The number of hydrogen-bond acceptors (Lipinski definition) is 5. The van der Waals surface area contributed by atoms with E-state index in [1.807, 2.05) is 26.0 Å². The van der Waals surface area contributed by atoms with Crippen molar-refractivity contribution in [3.05, 3.63) is 94.4 Å². The van der Waals surface area contributed by atoms with Crippen LogP contribution in [-0.2, 0) is 11.3 Å². The number of carbonyl (C=O) groups excluding carboxylic acids is 2. The molecule has 0 aliphatic rings. The van der Waals surface area contributed by atoms with Crippen molar-refractivity contribution in [2.24, 2.45) is 0 Å². The Hall–Kier alpha value is -4.11. The topological polar surface area (TPSA) is 92.3 Å². The van der Waals surface area contributed by atoms with Crippen molar-refractivity contribution in [3.63, 3.8) is 0 Å². The molecule has 1 amide bonds. The molecular weight excluding hydrogens is 380 g/mol. The van der Waals surface area contributed by atoms with E-state index >= 15 is 0 Å². The van der Waals surface area contributed by atoms with Crippen LogP contribution in [0.15, 0.2) is 70.9 Å². The van der Waals surface area contributed by atoms with Crippen molar-refractivity contribution in [1.82, 2.24) is 5.32 Å². The zero-order chi connectivity index (χ0) is 21.5. The third-order valence-corrected chi connectivity index (χ3v) is 4.51. The van der Waals surface area contributed by atoms with Gasteiger partial charge in [-0.05, 0) is 73.0 Å². The van der Waals surface area contributed by atoms with Crippen LogP contribution in [0, 0.1) is 25.2 Å². The first kappa shape index (κ1) is 20.6. The fourth-order valence-corrected chi connectivity index (χ4v) is 2.66. The van der Waals surface area contributed by atoms with E-state index in [1.54, 1.807) is 48.5 Å². The summed E-state index contributed by atoms with van der Waals surface area (Å²) in [6, 6.07) is 17.3. The molecule has 0 unspecified atom stereocenters. The maximum Gasteiger partial charge on any atom is 0.343 e. The normalized spacial score (nSPS) is 10.9. The molecule has 2 aromatic carbocycles. The Morgan fingerprint density at radius 3 is 2.50 bits per heavy atom. The van der Waals surface area contributed by atoms with Gasteiger partial charge in [-0.2, -0.15) is 5.26 Å². The Balaban J connectivity index is 1.64. The minimum atomic E-state index is -0.501. The summed E-state index contributed by atoms with van der Waals surface area (Å²) in [6.45, 7) is 4.10. The van der Waals surface area contributed by atoms with Crippen molar-refractivity contribution in [1.29, 1.82) is 5.26 Å². The molecule has 6 heteroatoms. The molecule has 0 aliphatic carbocycles. The van der Waals surface area contributed by atoms with Gasteiger partial charge in [-0.25, -0.2) is 4.79 Å². The number of aryl methyl sites for hydroxylation is 2. The summed E-state index contributed by atoms with van der Waals surface area (Å²) < 4.78 is 10.5. The number of nitrogens with zero attached hydrogens (tertiary/aromatic N) is 1. The molecule has 0 spiro atoms. The molecule has 1 aromatic heterocycles. The molecule has 150 valence electrons. The monoisotopic (exact) mass is 400 g/mol. The summed E-state index contributed by atoms with van der Waals surface area (Å²) in [6.07, 6.45) is 2.98. The third kappa shape index (κ3) is 5.24. The SMILES string of the molecule is Cc1ccc(C(=O)Oc2ccc(/C=C(\C#N)C(=O)NCc3ccco3)cc2)cc1C. The van der Waals surface area contributed by atoms with Crippen LogP contribution in [0.5, 0.6) is 5.75 Å². The van der Waals surface area contributed by atoms with Gasteiger partial charge in [-0.3, -0.25) is 4.79 Å². The number of hydrogen-bond donors (Lipinski definition) is 1. The van der Waals surface area contributed by atoms with E-state index in [0.29, 0.717) is 22.6 Å². The molecule has 1 heterocycles. The quantitative estimate of drug-likeness (QED) is 0.288. The highest BCUT2D eigenvalue weighted by Gasteiger charge is 2.11. The van der Waals surface area contributed by atoms with Gasteiger partial charge in [0.15, 0.2) is 0 Å². The minimum absolute atomic E-state index is 0.0403. The van der Waals surface area contributed by atoms with Crippen molar-refractivity contribution < 1.29 is 18.7 Å². The molecule has 6 nitrogen and oxygen atoms in total. The molecule has 0 fully saturated rings. The summed E-state index contributed by atoms with van der Waals surface area (Å²) in [5.41, 5.74) is 3.18. The number of carbonyl (C=O) groups is 2. The molecule has 0 saturated carbocycles. The molecule has 0 aliphatic heterocycles. The predicted molar refractivity (Wildman–Crippen MR) is 111 cm³/mol. The first-order valence-electron chi connectivity index (χ1n) is 9.28. The number of ether oxygens (including phenoxy) is 1. The molecule has 30 heavy (non-hydrogen) atoms. The van der Waals surface area contributed by atoms with Crippen molar-refractivity contribution in [2.75, 3.05) is 0 Å². The van der Waals surface area contributed by atoms with Gasteiger partial charge in [0.2, 0.25) is 0 Å². The minimum Gasteiger partial charge on any atom is -0.467 e. The van der Waals surface area contributed by atoms with Gasteiger partial charge in [0, 0.05) is 0 Å². The molecule has 3 rings (SSSR count). The zero-order valence-corrected chi connectivity index (χ0v) is 16.6. The van der Waals surface area contributed by atoms with E-state index in [2.05, 4.69) is 5.32 Å². The lowest BCUT2D eigenvalue weighted by molar-refractivity contribution is -0.117. The van der Waals surface area contributed by atoms with E-state index in [4.69, 9.17) is 9.15 Å². The molecule has 0 radical (unpaired) electrons. The lowest BCUT2D eigenvalue weighted by Crippen LogP contribution is -2.23. The van der Waals surface area contributed by atoms with Crippen LogP contribution in [0.25, 0.3) is 6.08 Å². The van der Waals surface area contributed by atoms with Crippen molar-refractivity contribution >= 4 is 18.0 Å². The summed E-state index contributed by atoms with van der Waals surface area (Å²) in [5, 5.41) is 11.9. The van der Waals surface area contributed by atoms with E-state index in [-0.39, 0.29) is 12.1 Å². The lowest BCUT2D eigenvalue weighted by Gasteiger charge is -2.07. The van der Waals surface area contributed by atoms with E-state index in [9.17, 15) is 14.9 Å². The highest BCUT2D eigenvalue weighted by molar-refractivity contribution is 6.01. The summed E-state index contributed by atoms with van der Waals surface area (Å²) in [4.78, 5) is 24.5. The van der Waals surface area contributed by atoms with Gasteiger partial charge >= 0.3 is 5.97 Å². The van der Waals surface area contributed by atoms with Crippen LogP contribution in [-0.4, -0.2) is 11.9 Å². The Morgan fingerprint density at radius 2 is 1.87 bits per heavy atom. The number of nitriles is 1. The van der Waals surface area contributed by atoms with E-state index in [0.717, 1.165) is 11.1 Å². The highest BCUT2D eigenvalue weighted by Crippen LogP contribution is 2.17. The number of furan rings is 1. The standard InChI is InChI=1S/C24H20N2O4/c1-16-5-8-19(12-17(16)2)24(28)30-21-9-6-18(7-10-21)13-20(14-25)23(27)26-15-22-4-3-11-29-22/h3-13H,15H2,1-2H3,(H,26,27)/b20-13+. The molecule has 0 atom stereocenters. The van der Waals surface area contributed by atoms with Crippen molar-refractivity contribution in [2.45, 2.75) is 20.4 Å². The summed E-state index contributed by atoms with van der Waals surface area (Å²) in [5.74, 6) is 0.0160. The Labute approximate surface area is 174 Å². The lowest BCUT2D eigenvalue weighted by atomic mass is 10.1. The number of benzene rings is 2. The zero-order valence-electron chi connectivity index (χ0n) is 16.6. The van der Waals surface area contributed by atoms with Crippen molar-refractivity contribution in [3.8, 4) is 11.8 Å². The van der Waals surface area contributed by atoms with E-state index < -0.39 is 11.9 Å². The predicted octanol–water partition coefficient (Wildman–Crippen LogP) is 4.34. The fourth-order valence-electron chi connectivity index (χ4n) is 2.66. The maximum atomic E-state index is 12.3. The number of esters is 1. The van der Waals surface area contributed by atoms with Gasteiger partial charge < -0.3 is 14.5 Å². The van der Waals surface area contributed by atoms with Gasteiger partial charge in [0.05, 0.1) is 18.4 Å². The first-order chi connectivity index (χ1) is 14.5. The Morgan fingerprint density at radius 1 is 1.10 bits per heavy atom. The van der Waals surface area contributed by atoms with Gasteiger partial charge in [0.25, 0.3) is 5.91 Å². The van der Waals surface area contributed by atoms with Crippen LogP contribution in [0.4, 0.5) is 0 Å². The average Bonchev–Trinajstić information content (AvgIpc) is 3.27. The smallest absolute Gasteiger partial charge is 0.343 e. The van der Waals surface area contributed by atoms with Gasteiger partial charge in [-0.15, -0.1) is 0 Å². The van der Waals surface area contributed by atoms with Gasteiger partial charge in [-0.1, -0.05) is 18.2 Å². The van der Waals surface area contributed by atoms with E-state index in [1.165, 1.54) is 12.3 Å². The van der Waals surface area contributed by atoms with Gasteiger partial charge in [0.1, 0.15) is 23.2 Å². The number of amides is 1. The highest BCUT2D eigenvalue weighted by atomic mass is 16.5. The average molecular weight is 400 g/mol. The van der Waals surface area contributed by atoms with Crippen LogP contribution < -0.4 is 10.1 Å². The van der Waals surface area contributed by atoms with Crippen LogP contribution in [0.3, 0.4) is 0 Å². The molecular formula is C24H20N2O4.